The van der Waals surface area contributed by atoms with E-state index in [2.05, 4.69) is 25.8 Å². The Hall–Kier alpha value is -0.0800. The van der Waals surface area contributed by atoms with Crippen molar-refractivity contribution in [1.82, 2.24) is 4.90 Å². The summed E-state index contributed by atoms with van der Waals surface area (Å²) in [5, 5.41) is 0. The Morgan fingerprint density at radius 2 is 1.93 bits per heavy atom. The van der Waals surface area contributed by atoms with Gasteiger partial charge in [0.2, 0.25) is 0 Å². The number of hydrogen-bond acceptors (Lipinski definition) is 2. The smallest absolute Gasteiger partial charge is 0.000661 e. The summed E-state index contributed by atoms with van der Waals surface area (Å²) < 4.78 is 0. The molecule has 0 heterocycles. The molecule has 1 rings (SSSR count). The number of hydrogen-bond donors (Lipinski definition) is 1. The monoisotopic (exact) mass is 212 g/mol. The van der Waals surface area contributed by atoms with Crippen LogP contribution in [0.15, 0.2) is 0 Å². The highest BCUT2D eigenvalue weighted by Crippen LogP contribution is 2.29. The Kier molecular flexibility index (Phi) is 5.07. The van der Waals surface area contributed by atoms with Crippen molar-refractivity contribution in [3.63, 3.8) is 0 Å². The van der Waals surface area contributed by atoms with E-state index in [1.165, 1.54) is 45.2 Å². The summed E-state index contributed by atoms with van der Waals surface area (Å²) in [6, 6.07) is 0. The van der Waals surface area contributed by atoms with Crippen molar-refractivity contribution < 1.29 is 0 Å². The fraction of sp³-hybridized carbons (Fsp3) is 1.00. The molecule has 2 nitrogen and oxygen atoms in total. The minimum Gasteiger partial charge on any atom is -0.330 e. The quantitative estimate of drug-likeness (QED) is 0.626. The lowest BCUT2D eigenvalue weighted by Gasteiger charge is -2.23. The molecule has 0 bridgehead atoms. The van der Waals surface area contributed by atoms with Gasteiger partial charge in [0.25, 0.3) is 0 Å². The van der Waals surface area contributed by atoms with Crippen LogP contribution in [-0.2, 0) is 0 Å². The highest BCUT2D eigenvalue weighted by molar-refractivity contribution is 4.76. The van der Waals surface area contributed by atoms with E-state index in [-0.39, 0.29) is 0 Å². The van der Waals surface area contributed by atoms with Crippen molar-refractivity contribution in [2.75, 3.05) is 26.7 Å². The van der Waals surface area contributed by atoms with Gasteiger partial charge in [0, 0.05) is 6.54 Å². The Balaban J connectivity index is 1.95. The zero-order valence-electron chi connectivity index (χ0n) is 10.8. The molecule has 2 N–H and O–H groups in total. The molecule has 0 saturated heterocycles. The van der Waals surface area contributed by atoms with Crippen LogP contribution >= 0.6 is 0 Å². The van der Waals surface area contributed by atoms with Crippen LogP contribution in [0.1, 0.15) is 46.0 Å². The predicted octanol–water partition coefficient (Wildman–Crippen LogP) is 2.48. The van der Waals surface area contributed by atoms with Gasteiger partial charge in [-0.3, -0.25) is 0 Å². The van der Waals surface area contributed by atoms with Crippen molar-refractivity contribution >= 4 is 0 Å². The lowest BCUT2D eigenvalue weighted by molar-refractivity contribution is 0.287. The molecule has 15 heavy (non-hydrogen) atoms. The minimum atomic E-state index is 0.342. The molecule has 1 aliphatic carbocycles. The Labute approximate surface area is 95.2 Å². The molecule has 0 aromatic carbocycles. The summed E-state index contributed by atoms with van der Waals surface area (Å²) in [6.07, 6.45) is 6.84. The molecule has 1 aliphatic rings. The predicted molar refractivity (Wildman–Crippen MR) is 66.9 cm³/mol. The fourth-order valence-corrected chi connectivity index (χ4v) is 1.92. The molecule has 1 fully saturated rings. The van der Waals surface area contributed by atoms with Gasteiger partial charge in [-0.05, 0) is 57.2 Å². The maximum Gasteiger partial charge on any atom is 0.000661 e. The average Bonchev–Trinajstić information content (AvgIpc) is 2.96. The Morgan fingerprint density at radius 1 is 1.27 bits per heavy atom. The fourth-order valence-electron chi connectivity index (χ4n) is 1.92. The molecule has 0 aromatic rings. The maximum absolute atomic E-state index is 5.71. The molecule has 90 valence electrons. The van der Waals surface area contributed by atoms with Crippen molar-refractivity contribution in [1.29, 1.82) is 0 Å². The Morgan fingerprint density at radius 3 is 2.47 bits per heavy atom. The van der Waals surface area contributed by atoms with Gasteiger partial charge in [0.05, 0.1) is 0 Å². The second-order valence-corrected chi connectivity index (χ2v) is 6.03. The summed E-state index contributed by atoms with van der Waals surface area (Å²) in [7, 11) is 2.26. The van der Waals surface area contributed by atoms with Crippen LogP contribution in [-0.4, -0.2) is 31.6 Å². The third-order valence-electron chi connectivity index (χ3n) is 3.46. The first-order valence-corrected chi connectivity index (χ1v) is 6.42. The van der Waals surface area contributed by atoms with E-state index in [1.54, 1.807) is 0 Å². The second-order valence-electron chi connectivity index (χ2n) is 6.03. The van der Waals surface area contributed by atoms with Crippen molar-refractivity contribution in [2.24, 2.45) is 17.1 Å². The molecular weight excluding hydrogens is 184 g/mol. The lowest BCUT2D eigenvalue weighted by atomic mass is 9.87. The van der Waals surface area contributed by atoms with E-state index < -0.39 is 0 Å². The Bertz CT molecular complexity index is 173. The van der Waals surface area contributed by atoms with Gasteiger partial charge >= 0.3 is 0 Å². The van der Waals surface area contributed by atoms with Crippen LogP contribution in [0.4, 0.5) is 0 Å². The molecule has 2 heteroatoms. The first-order valence-electron chi connectivity index (χ1n) is 6.42. The maximum atomic E-state index is 5.71. The molecule has 0 aromatic heterocycles. The summed E-state index contributed by atoms with van der Waals surface area (Å²) in [5.74, 6) is 1.02. The van der Waals surface area contributed by atoms with E-state index in [9.17, 15) is 0 Å². The summed E-state index contributed by atoms with van der Waals surface area (Å²) in [5.41, 5.74) is 6.05. The van der Waals surface area contributed by atoms with E-state index in [4.69, 9.17) is 5.73 Å². The first-order chi connectivity index (χ1) is 7.03. The van der Waals surface area contributed by atoms with Gasteiger partial charge in [0.1, 0.15) is 0 Å². The normalized spacial score (nSPS) is 17.4. The molecule has 0 aliphatic heterocycles. The van der Waals surface area contributed by atoms with E-state index >= 15 is 0 Å². The standard InChI is InChI=1S/C13H28N2/c1-13(2,11-14)8-4-5-9-15(3)10-12-6-7-12/h12H,4-11,14H2,1-3H3. The van der Waals surface area contributed by atoms with Crippen LogP contribution < -0.4 is 5.73 Å². The SMILES string of the molecule is CN(CCCCC(C)(C)CN)CC1CC1. The molecule has 0 spiro atoms. The van der Waals surface area contributed by atoms with Crippen molar-refractivity contribution in [3.8, 4) is 0 Å². The van der Waals surface area contributed by atoms with E-state index in [0.717, 1.165) is 12.5 Å². The summed E-state index contributed by atoms with van der Waals surface area (Å²) >= 11 is 0. The summed E-state index contributed by atoms with van der Waals surface area (Å²) in [6.45, 7) is 7.92. The molecular formula is C13H28N2. The van der Waals surface area contributed by atoms with E-state index in [0.29, 0.717) is 5.41 Å². The van der Waals surface area contributed by atoms with Crippen molar-refractivity contribution in [2.45, 2.75) is 46.0 Å². The van der Waals surface area contributed by atoms with Crippen molar-refractivity contribution in [3.05, 3.63) is 0 Å². The molecule has 0 unspecified atom stereocenters. The number of nitrogens with two attached hydrogens (primary N) is 1. The lowest BCUT2D eigenvalue weighted by Crippen LogP contribution is -2.25. The third kappa shape index (κ3) is 6.16. The van der Waals surface area contributed by atoms with Gasteiger partial charge in [-0.1, -0.05) is 20.3 Å². The van der Waals surface area contributed by atoms with Crippen LogP contribution in [0.2, 0.25) is 0 Å². The van der Waals surface area contributed by atoms with Crippen LogP contribution in [0.25, 0.3) is 0 Å². The third-order valence-corrected chi connectivity index (χ3v) is 3.46. The molecule has 1 saturated carbocycles. The van der Waals surface area contributed by atoms with Gasteiger partial charge in [-0.25, -0.2) is 0 Å². The van der Waals surface area contributed by atoms with Gasteiger partial charge in [-0.15, -0.1) is 0 Å². The van der Waals surface area contributed by atoms with Crippen LogP contribution in [0.5, 0.6) is 0 Å². The number of rotatable bonds is 8. The van der Waals surface area contributed by atoms with Gasteiger partial charge < -0.3 is 10.6 Å². The zero-order valence-corrected chi connectivity index (χ0v) is 10.8. The minimum absolute atomic E-state index is 0.342. The number of unbranched alkanes of at least 4 members (excludes halogenated alkanes) is 1. The first kappa shape index (κ1) is 13.0. The zero-order chi connectivity index (χ0) is 11.3. The van der Waals surface area contributed by atoms with Gasteiger partial charge in [-0.2, -0.15) is 0 Å². The van der Waals surface area contributed by atoms with E-state index in [1.807, 2.05) is 0 Å². The number of nitrogens with zero attached hydrogens (tertiary/aromatic N) is 1. The van der Waals surface area contributed by atoms with Gasteiger partial charge in [0.15, 0.2) is 0 Å². The average molecular weight is 212 g/mol. The molecule has 0 amide bonds. The second kappa shape index (κ2) is 5.86. The van der Waals surface area contributed by atoms with Crippen LogP contribution in [0.3, 0.4) is 0 Å². The van der Waals surface area contributed by atoms with Crippen LogP contribution in [0, 0.1) is 11.3 Å². The highest BCUT2D eigenvalue weighted by Gasteiger charge is 2.22. The molecule has 0 atom stereocenters. The topological polar surface area (TPSA) is 29.3 Å². The molecule has 0 radical (unpaired) electrons. The summed E-state index contributed by atoms with van der Waals surface area (Å²) in [4.78, 5) is 2.49. The largest absolute Gasteiger partial charge is 0.330 e. The highest BCUT2D eigenvalue weighted by atomic mass is 15.1.